The van der Waals surface area contributed by atoms with Crippen molar-refractivity contribution in [2.45, 2.75) is 53.9 Å². The van der Waals surface area contributed by atoms with E-state index in [2.05, 4.69) is 10.6 Å². The summed E-state index contributed by atoms with van der Waals surface area (Å²) in [6.45, 7) is 10.4. The van der Waals surface area contributed by atoms with Crippen molar-refractivity contribution in [1.82, 2.24) is 0 Å². The first kappa shape index (κ1) is 23.6. The molecule has 0 saturated heterocycles. The first-order chi connectivity index (χ1) is 13.8. The largest absolute Gasteiger partial charge is 0.396 e. The summed E-state index contributed by atoms with van der Waals surface area (Å²) in [5, 5.41) is 23.9. The van der Waals surface area contributed by atoms with Gasteiger partial charge in [0.15, 0.2) is 5.78 Å². The van der Waals surface area contributed by atoms with Crippen LogP contribution >= 0.6 is 0 Å². The summed E-state index contributed by atoms with van der Waals surface area (Å²) in [6.07, 6.45) is 1.68. The Morgan fingerprint density at radius 1 is 1.30 bits per heavy atom. The predicted molar refractivity (Wildman–Crippen MR) is 121 cm³/mol. The lowest BCUT2D eigenvalue weighted by Crippen LogP contribution is -2.30. The van der Waals surface area contributed by atoms with Crippen molar-refractivity contribution in [3.8, 4) is 0 Å². The van der Waals surface area contributed by atoms with E-state index in [0.717, 1.165) is 5.70 Å². The van der Waals surface area contributed by atoms with E-state index in [1.165, 1.54) is 0 Å². The fraction of sp³-hybridized carbons (Fsp3) is 0.522. The van der Waals surface area contributed by atoms with E-state index in [-0.39, 0.29) is 28.9 Å². The predicted octanol–water partition coefficient (Wildman–Crippen LogP) is 3.70. The first-order valence-corrected chi connectivity index (χ1v) is 10.2. The molecular weight excluding hydrogens is 380 g/mol. The zero-order valence-electron chi connectivity index (χ0n) is 18.6. The summed E-state index contributed by atoms with van der Waals surface area (Å²) in [6, 6.07) is 5.20. The van der Waals surface area contributed by atoms with Crippen molar-refractivity contribution in [1.29, 1.82) is 5.41 Å². The third kappa shape index (κ3) is 5.92. The molecule has 0 fully saturated rings. The van der Waals surface area contributed by atoms with E-state index in [9.17, 15) is 14.7 Å². The number of anilines is 2. The molecule has 0 atom stereocenters. The number of nitrogens with two attached hydrogens (primary N) is 1. The van der Waals surface area contributed by atoms with Crippen LogP contribution in [0.3, 0.4) is 0 Å². The van der Waals surface area contributed by atoms with E-state index in [0.29, 0.717) is 48.3 Å². The number of allylic oxidation sites excluding steroid dienone is 2. The number of aliphatic hydroxyl groups excluding tert-OH is 1. The second-order valence-corrected chi connectivity index (χ2v) is 9.66. The highest BCUT2D eigenvalue weighted by molar-refractivity contribution is 6.22. The SMILES string of the molecule is CC(=N)C1=C(Nc2ccc(C(N)=O)c(NCC(C)(C)CCO)c2)CC(C)(C)CC1=O. The van der Waals surface area contributed by atoms with Crippen LogP contribution in [-0.2, 0) is 4.79 Å². The van der Waals surface area contributed by atoms with Crippen LogP contribution in [0.2, 0.25) is 0 Å². The van der Waals surface area contributed by atoms with Gasteiger partial charge in [0.1, 0.15) is 0 Å². The van der Waals surface area contributed by atoms with Gasteiger partial charge in [0.2, 0.25) is 0 Å². The fourth-order valence-corrected chi connectivity index (χ4v) is 3.75. The molecule has 30 heavy (non-hydrogen) atoms. The van der Waals surface area contributed by atoms with Crippen LogP contribution < -0.4 is 16.4 Å². The number of ketones is 1. The van der Waals surface area contributed by atoms with Crippen LogP contribution in [-0.4, -0.2) is 35.7 Å². The number of carbonyl (C=O) groups is 2. The molecule has 0 radical (unpaired) electrons. The average molecular weight is 415 g/mol. The van der Waals surface area contributed by atoms with Crippen LogP contribution in [0, 0.1) is 16.2 Å². The monoisotopic (exact) mass is 414 g/mol. The van der Waals surface area contributed by atoms with Crippen LogP contribution in [0.25, 0.3) is 0 Å². The Morgan fingerprint density at radius 2 is 1.97 bits per heavy atom. The van der Waals surface area contributed by atoms with Gasteiger partial charge in [-0.25, -0.2) is 0 Å². The van der Waals surface area contributed by atoms with Crippen molar-refractivity contribution in [2.75, 3.05) is 23.8 Å². The Hall–Kier alpha value is -2.67. The molecule has 1 aromatic carbocycles. The Kier molecular flexibility index (Phi) is 7.08. The van der Waals surface area contributed by atoms with Crippen molar-refractivity contribution in [2.24, 2.45) is 16.6 Å². The summed E-state index contributed by atoms with van der Waals surface area (Å²) < 4.78 is 0. The van der Waals surface area contributed by atoms with E-state index < -0.39 is 5.91 Å². The molecule has 7 heteroatoms. The molecule has 1 amide bonds. The Bertz CT molecular complexity index is 884. The number of benzene rings is 1. The Morgan fingerprint density at radius 3 is 2.53 bits per heavy atom. The molecule has 0 saturated carbocycles. The van der Waals surface area contributed by atoms with Crippen molar-refractivity contribution >= 4 is 28.8 Å². The van der Waals surface area contributed by atoms with E-state index in [1.807, 2.05) is 27.7 Å². The second kappa shape index (κ2) is 9.00. The maximum absolute atomic E-state index is 12.6. The molecule has 0 unspecified atom stereocenters. The summed E-state index contributed by atoms with van der Waals surface area (Å²) in [4.78, 5) is 24.5. The molecule has 0 heterocycles. The van der Waals surface area contributed by atoms with E-state index >= 15 is 0 Å². The third-order valence-electron chi connectivity index (χ3n) is 5.38. The first-order valence-electron chi connectivity index (χ1n) is 10.2. The molecule has 1 aliphatic carbocycles. The minimum absolute atomic E-state index is 0.0286. The zero-order chi connectivity index (χ0) is 22.7. The van der Waals surface area contributed by atoms with Crippen LogP contribution in [0.5, 0.6) is 0 Å². The lowest BCUT2D eigenvalue weighted by molar-refractivity contribution is -0.117. The maximum atomic E-state index is 12.6. The van der Waals surface area contributed by atoms with Gasteiger partial charge in [0.25, 0.3) is 5.91 Å². The van der Waals surface area contributed by atoms with Gasteiger partial charge in [-0.3, -0.25) is 9.59 Å². The highest BCUT2D eigenvalue weighted by Crippen LogP contribution is 2.38. The summed E-state index contributed by atoms with van der Waals surface area (Å²) in [7, 11) is 0. The minimum atomic E-state index is -0.534. The van der Waals surface area contributed by atoms with Gasteiger partial charge < -0.3 is 26.9 Å². The maximum Gasteiger partial charge on any atom is 0.250 e. The van der Waals surface area contributed by atoms with E-state index in [1.54, 1.807) is 25.1 Å². The molecule has 1 aliphatic rings. The number of carbonyl (C=O) groups excluding carboxylic acids is 2. The van der Waals surface area contributed by atoms with Crippen LogP contribution in [0.1, 0.15) is 64.2 Å². The van der Waals surface area contributed by atoms with Gasteiger partial charge in [-0.15, -0.1) is 0 Å². The topological polar surface area (TPSA) is 128 Å². The number of primary amides is 1. The van der Waals surface area contributed by atoms with Gasteiger partial charge in [0, 0.05) is 42.4 Å². The minimum Gasteiger partial charge on any atom is -0.396 e. The number of nitrogens with one attached hydrogen (secondary N) is 3. The molecule has 6 N–H and O–H groups in total. The summed E-state index contributed by atoms with van der Waals surface area (Å²) in [5.41, 5.74) is 8.26. The van der Waals surface area contributed by atoms with Gasteiger partial charge in [-0.1, -0.05) is 27.7 Å². The Balaban J connectivity index is 2.38. The van der Waals surface area contributed by atoms with Gasteiger partial charge in [-0.05, 0) is 48.8 Å². The van der Waals surface area contributed by atoms with E-state index in [4.69, 9.17) is 11.1 Å². The lowest BCUT2D eigenvalue weighted by atomic mass is 9.75. The number of hydrogen-bond acceptors (Lipinski definition) is 6. The normalized spacial score (nSPS) is 16.4. The average Bonchev–Trinajstić information content (AvgIpc) is 2.58. The van der Waals surface area contributed by atoms with Crippen molar-refractivity contribution in [3.63, 3.8) is 0 Å². The van der Waals surface area contributed by atoms with Crippen LogP contribution in [0.4, 0.5) is 11.4 Å². The van der Waals surface area contributed by atoms with Gasteiger partial charge in [0.05, 0.1) is 11.1 Å². The number of aliphatic hydroxyl groups is 1. The smallest absolute Gasteiger partial charge is 0.250 e. The van der Waals surface area contributed by atoms with Crippen molar-refractivity contribution < 1.29 is 14.7 Å². The molecule has 0 spiro atoms. The Labute approximate surface area is 178 Å². The summed E-state index contributed by atoms with van der Waals surface area (Å²) in [5.74, 6) is -0.563. The second-order valence-electron chi connectivity index (χ2n) is 9.66. The highest BCUT2D eigenvalue weighted by Gasteiger charge is 2.33. The van der Waals surface area contributed by atoms with Crippen molar-refractivity contribution in [3.05, 3.63) is 35.0 Å². The highest BCUT2D eigenvalue weighted by atomic mass is 16.3. The molecule has 7 nitrogen and oxygen atoms in total. The summed E-state index contributed by atoms with van der Waals surface area (Å²) >= 11 is 0. The van der Waals surface area contributed by atoms with Gasteiger partial charge in [-0.2, -0.15) is 0 Å². The molecule has 0 aliphatic heterocycles. The third-order valence-corrected chi connectivity index (χ3v) is 5.38. The standard InChI is InChI=1S/C23H34N4O3/c1-14(24)20-18(11-23(4,5)12-19(20)29)27-15-6-7-16(21(25)30)17(10-15)26-13-22(2,3)8-9-28/h6-7,10,24,26-28H,8-9,11-13H2,1-5H3,(H2,25,30). The molecular formula is C23H34N4O3. The lowest BCUT2D eigenvalue weighted by Gasteiger charge is -2.32. The number of rotatable bonds is 9. The molecule has 164 valence electrons. The fourth-order valence-electron chi connectivity index (χ4n) is 3.75. The van der Waals surface area contributed by atoms with Gasteiger partial charge >= 0.3 is 0 Å². The quantitative estimate of drug-likeness (QED) is 0.394. The molecule has 0 bridgehead atoms. The molecule has 0 aromatic heterocycles. The van der Waals surface area contributed by atoms with Crippen LogP contribution in [0.15, 0.2) is 29.5 Å². The number of hydrogen-bond donors (Lipinski definition) is 5. The number of Topliss-reactive ketones (excluding diaryl/α,β-unsaturated/α-hetero) is 1. The molecule has 2 rings (SSSR count). The number of amides is 1. The zero-order valence-corrected chi connectivity index (χ0v) is 18.6. The molecule has 1 aromatic rings.